The van der Waals surface area contributed by atoms with E-state index in [-0.39, 0.29) is 11.7 Å². The first-order valence-corrected chi connectivity index (χ1v) is 10.5. The number of imidazole rings is 1. The zero-order valence-electron chi connectivity index (χ0n) is 19.0. The molecule has 6 nitrogen and oxygen atoms in total. The molecule has 2 heterocycles. The van der Waals surface area contributed by atoms with Crippen LogP contribution in [-0.4, -0.2) is 25.9 Å². The number of aryl methyl sites for hydroxylation is 1. The van der Waals surface area contributed by atoms with Crippen molar-refractivity contribution in [3.63, 3.8) is 0 Å². The van der Waals surface area contributed by atoms with Crippen molar-refractivity contribution in [2.45, 2.75) is 45.7 Å². The van der Waals surface area contributed by atoms with E-state index in [2.05, 4.69) is 5.32 Å². The lowest BCUT2D eigenvalue weighted by Crippen LogP contribution is -2.56. The molecule has 0 radical (unpaired) electrons. The summed E-state index contributed by atoms with van der Waals surface area (Å²) in [7, 11) is 0. The number of halogens is 1. The van der Waals surface area contributed by atoms with Gasteiger partial charge in [-0.05, 0) is 71.0 Å². The predicted octanol–water partition coefficient (Wildman–Crippen LogP) is 4.98. The summed E-state index contributed by atoms with van der Waals surface area (Å²) in [5.74, 6) is 0.891. The highest BCUT2D eigenvalue weighted by molar-refractivity contribution is 5.88. The monoisotopic (exact) mass is 433 g/mol. The van der Waals surface area contributed by atoms with E-state index in [1.54, 1.807) is 43.3 Å². The van der Waals surface area contributed by atoms with Crippen LogP contribution in [0.4, 0.5) is 15.9 Å². The minimum atomic E-state index is -1.03. The Morgan fingerprint density at radius 1 is 1.06 bits per heavy atom. The molecular formula is C25H28FN5O. The highest BCUT2D eigenvalue weighted by Crippen LogP contribution is 2.40. The van der Waals surface area contributed by atoms with E-state index in [4.69, 9.17) is 10.7 Å². The molecule has 1 aliphatic heterocycles. The Morgan fingerprint density at radius 2 is 1.69 bits per heavy atom. The summed E-state index contributed by atoms with van der Waals surface area (Å²) >= 11 is 0. The number of nitrogens with one attached hydrogen (secondary N) is 1. The fourth-order valence-electron chi connectivity index (χ4n) is 3.77. The van der Waals surface area contributed by atoms with E-state index < -0.39 is 11.1 Å². The molecule has 0 saturated carbocycles. The summed E-state index contributed by atoms with van der Waals surface area (Å²) in [6, 6.07) is 14.3. The summed E-state index contributed by atoms with van der Waals surface area (Å²) in [5.41, 5.74) is 7.81. The molecule has 0 saturated heterocycles. The standard InChI is InChI=1S/C25H28FN5O/c1-16-6-12-19(13-7-16)28-21-20(17-8-10-18(26)11-9-17)29-22-25(4,5)31(15-14-30(21)22)23(32)24(2,3)27/h6-15,28H,27H2,1-5H3. The van der Waals surface area contributed by atoms with Gasteiger partial charge in [0.05, 0.1) is 5.54 Å². The highest BCUT2D eigenvalue weighted by atomic mass is 19.1. The van der Waals surface area contributed by atoms with E-state index in [1.807, 2.05) is 49.6 Å². The second-order valence-corrected chi connectivity index (χ2v) is 9.25. The molecule has 0 atom stereocenters. The first kappa shape index (κ1) is 21.8. The average Bonchev–Trinajstić information content (AvgIpc) is 3.09. The van der Waals surface area contributed by atoms with Gasteiger partial charge in [0.2, 0.25) is 5.91 Å². The third-order valence-corrected chi connectivity index (χ3v) is 5.63. The van der Waals surface area contributed by atoms with Gasteiger partial charge in [-0.15, -0.1) is 0 Å². The van der Waals surface area contributed by atoms with Crippen LogP contribution < -0.4 is 11.1 Å². The van der Waals surface area contributed by atoms with Crippen LogP contribution >= 0.6 is 0 Å². The van der Waals surface area contributed by atoms with Crippen molar-refractivity contribution < 1.29 is 9.18 Å². The van der Waals surface area contributed by atoms with Crippen LogP contribution in [0.5, 0.6) is 0 Å². The number of aromatic nitrogens is 2. The van der Waals surface area contributed by atoms with Crippen LogP contribution in [0.1, 0.15) is 39.1 Å². The Balaban J connectivity index is 1.87. The predicted molar refractivity (Wildman–Crippen MR) is 126 cm³/mol. The Morgan fingerprint density at radius 3 is 2.28 bits per heavy atom. The Bertz CT molecular complexity index is 1180. The second-order valence-electron chi connectivity index (χ2n) is 9.25. The molecule has 0 spiro atoms. The Kier molecular flexibility index (Phi) is 5.17. The maximum absolute atomic E-state index is 13.6. The van der Waals surface area contributed by atoms with Crippen molar-refractivity contribution in [3.8, 4) is 11.3 Å². The molecule has 3 N–H and O–H groups in total. The first-order valence-electron chi connectivity index (χ1n) is 10.5. The van der Waals surface area contributed by atoms with Crippen LogP contribution in [0.3, 0.4) is 0 Å². The third kappa shape index (κ3) is 3.80. The van der Waals surface area contributed by atoms with Crippen LogP contribution in [0, 0.1) is 12.7 Å². The molecule has 7 heteroatoms. The number of carbonyl (C=O) groups is 1. The SMILES string of the molecule is Cc1ccc(Nc2c(-c3ccc(F)cc3)nc3n2C=CN(C(=O)C(C)(C)N)C3(C)C)cc1. The van der Waals surface area contributed by atoms with E-state index in [9.17, 15) is 9.18 Å². The minimum absolute atomic E-state index is 0.204. The quantitative estimate of drug-likeness (QED) is 0.608. The number of benzene rings is 2. The Labute approximate surface area is 187 Å². The molecular weight excluding hydrogens is 405 g/mol. The number of nitrogens with two attached hydrogens (primary N) is 1. The summed E-state index contributed by atoms with van der Waals surface area (Å²) < 4.78 is 15.5. The number of fused-ring (bicyclic) bond motifs is 1. The maximum atomic E-state index is 13.6. The van der Waals surface area contributed by atoms with Gasteiger partial charge in [0.25, 0.3) is 0 Å². The zero-order chi connectivity index (χ0) is 23.3. The molecule has 0 fully saturated rings. The molecule has 0 bridgehead atoms. The average molecular weight is 434 g/mol. The number of anilines is 2. The van der Waals surface area contributed by atoms with E-state index in [0.717, 1.165) is 22.6 Å². The molecule has 2 aromatic carbocycles. The maximum Gasteiger partial charge on any atom is 0.246 e. The van der Waals surface area contributed by atoms with Crippen molar-refractivity contribution in [3.05, 3.63) is 71.9 Å². The number of carbonyl (C=O) groups excluding carboxylic acids is 1. The van der Waals surface area contributed by atoms with E-state index in [0.29, 0.717) is 11.5 Å². The van der Waals surface area contributed by atoms with Crippen LogP contribution in [0.15, 0.2) is 54.7 Å². The lowest BCUT2D eigenvalue weighted by molar-refractivity contribution is -0.138. The molecule has 166 valence electrons. The lowest BCUT2D eigenvalue weighted by atomic mass is 9.96. The molecule has 1 amide bonds. The molecule has 1 aliphatic rings. The Hall–Kier alpha value is -3.45. The van der Waals surface area contributed by atoms with Gasteiger partial charge in [0, 0.05) is 23.7 Å². The van der Waals surface area contributed by atoms with Crippen molar-refractivity contribution in [1.29, 1.82) is 0 Å². The molecule has 32 heavy (non-hydrogen) atoms. The first-order chi connectivity index (χ1) is 15.0. The summed E-state index contributed by atoms with van der Waals surface area (Å²) in [6.45, 7) is 9.28. The third-order valence-electron chi connectivity index (χ3n) is 5.63. The number of nitrogens with zero attached hydrogens (tertiary/aromatic N) is 3. The van der Waals surface area contributed by atoms with Crippen LogP contribution in [-0.2, 0) is 10.3 Å². The lowest BCUT2D eigenvalue weighted by Gasteiger charge is -2.41. The van der Waals surface area contributed by atoms with Crippen molar-refractivity contribution in [2.75, 3.05) is 5.32 Å². The van der Waals surface area contributed by atoms with Gasteiger partial charge in [0.1, 0.15) is 28.7 Å². The van der Waals surface area contributed by atoms with Gasteiger partial charge in [0.15, 0.2) is 0 Å². The molecule has 0 unspecified atom stereocenters. The second kappa shape index (κ2) is 7.60. The molecule has 4 rings (SSSR count). The van der Waals surface area contributed by atoms with Crippen molar-refractivity contribution >= 4 is 23.6 Å². The van der Waals surface area contributed by atoms with E-state index in [1.165, 1.54) is 12.1 Å². The fourth-order valence-corrected chi connectivity index (χ4v) is 3.77. The minimum Gasteiger partial charge on any atom is -0.339 e. The summed E-state index contributed by atoms with van der Waals surface area (Å²) in [4.78, 5) is 19.6. The largest absolute Gasteiger partial charge is 0.339 e. The van der Waals surface area contributed by atoms with Crippen molar-refractivity contribution in [2.24, 2.45) is 5.73 Å². The molecule has 0 aliphatic carbocycles. The number of amides is 1. The molecule has 3 aromatic rings. The highest BCUT2D eigenvalue weighted by Gasteiger charge is 2.42. The number of hydrogen-bond acceptors (Lipinski definition) is 4. The number of rotatable bonds is 4. The molecule has 1 aromatic heterocycles. The van der Waals surface area contributed by atoms with Gasteiger partial charge in [-0.3, -0.25) is 9.36 Å². The fraction of sp³-hybridized carbons (Fsp3) is 0.280. The van der Waals surface area contributed by atoms with E-state index >= 15 is 0 Å². The van der Waals surface area contributed by atoms with Crippen molar-refractivity contribution in [1.82, 2.24) is 14.5 Å². The van der Waals surface area contributed by atoms with Gasteiger partial charge in [-0.2, -0.15) is 0 Å². The van der Waals surface area contributed by atoms with Crippen LogP contribution in [0.2, 0.25) is 0 Å². The van der Waals surface area contributed by atoms with Crippen LogP contribution in [0.25, 0.3) is 17.5 Å². The smallest absolute Gasteiger partial charge is 0.246 e. The summed E-state index contributed by atoms with van der Waals surface area (Å²) in [6.07, 6.45) is 3.54. The zero-order valence-corrected chi connectivity index (χ0v) is 19.0. The van der Waals surface area contributed by atoms with Gasteiger partial charge in [-0.25, -0.2) is 9.37 Å². The van der Waals surface area contributed by atoms with Gasteiger partial charge < -0.3 is 16.0 Å². The van der Waals surface area contributed by atoms with Gasteiger partial charge in [-0.1, -0.05) is 17.7 Å². The number of hydrogen-bond donors (Lipinski definition) is 2. The topological polar surface area (TPSA) is 76.2 Å². The summed E-state index contributed by atoms with van der Waals surface area (Å²) in [5, 5.41) is 3.46. The van der Waals surface area contributed by atoms with Gasteiger partial charge >= 0.3 is 0 Å². The normalized spacial score (nSPS) is 14.9.